The monoisotopic (exact) mass is 687 g/mol. The molecule has 2 saturated carbocycles. The number of aromatic nitrogens is 1. The van der Waals surface area contributed by atoms with Crippen molar-refractivity contribution in [3.63, 3.8) is 0 Å². The third kappa shape index (κ3) is 4.98. The van der Waals surface area contributed by atoms with Crippen molar-refractivity contribution in [1.82, 2.24) is 4.98 Å². The van der Waals surface area contributed by atoms with Crippen molar-refractivity contribution in [2.75, 3.05) is 23.9 Å². The number of aromatic amines is 1. The molecular formula is C35H30ClN3O6S2. The predicted molar refractivity (Wildman–Crippen MR) is 181 cm³/mol. The average Bonchev–Trinajstić information content (AvgIpc) is 3.79. The first-order valence-electron chi connectivity index (χ1n) is 15.4. The van der Waals surface area contributed by atoms with Gasteiger partial charge in [-0.2, -0.15) is 0 Å². The van der Waals surface area contributed by atoms with Crippen LogP contribution in [0.2, 0.25) is 5.02 Å². The summed E-state index contributed by atoms with van der Waals surface area (Å²) < 4.78 is 11.6. The zero-order valence-corrected chi connectivity index (χ0v) is 27.8. The van der Waals surface area contributed by atoms with Gasteiger partial charge in [-0.15, -0.1) is 11.8 Å². The number of anilines is 2. The normalized spacial score (nSPS) is 27.0. The number of nitrogens with one attached hydrogen (secondary N) is 2. The minimum Gasteiger partial charge on any atom is -0.493 e. The first-order chi connectivity index (χ1) is 22.7. The standard InChI is InChI=1S/C35H30ClN3O6S2/c1-16-4-3-5-19(12-16)37-25(40)15-45-23-11-6-17(13-24(23)44-2)26-27-21-14-22(30(27)46-32-31(26)47-35(43)38-32)29-28(21)33(41)39(34(29)42)20-9-7-18(36)8-10-20/h3-13,21-22,26-30H,14-15H2,1-2H3,(H,37,40)(H,38,43)/t21-,22-,26+,27-,28+,29+,30-/m1/s1. The lowest BCUT2D eigenvalue weighted by atomic mass is 9.68. The quantitative estimate of drug-likeness (QED) is 0.226. The number of carbonyl (C=O) groups excluding carboxylic acids is 3. The number of amides is 3. The minimum absolute atomic E-state index is 0.00391. The molecule has 2 N–H and O–H groups in total. The van der Waals surface area contributed by atoms with Crippen molar-refractivity contribution < 1.29 is 23.9 Å². The fourth-order valence-electron chi connectivity index (χ4n) is 8.29. The number of rotatable bonds is 7. The van der Waals surface area contributed by atoms with Gasteiger partial charge in [-0.25, -0.2) is 0 Å². The molecule has 3 fully saturated rings. The van der Waals surface area contributed by atoms with Crippen molar-refractivity contribution in [2.45, 2.75) is 29.5 Å². The maximum Gasteiger partial charge on any atom is 0.305 e. The number of H-pyrrole nitrogens is 1. The Balaban J connectivity index is 1.09. The summed E-state index contributed by atoms with van der Waals surface area (Å²) in [7, 11) is 1.55. The van der Waals surface area contributed by atoms with E-state index in [-0.39, 0.29) is 64.0 Å². The Kier molecular flexibility index (Phi) is 7.46. The lowest BCUT2D eigenvalue weighted by molar-refractivity contribution is -0.123. The van der Waals surface area contributed by atoms with Crippen molar-refractivity contribution in [2.24, 2.45) is 29.6 Å². The van der Waals surface area contributed by atoms with Gasteiger partial charge in [0.15, 0.2) is 18.1 Å². The van der Waals surface area contributed by atoms with Gasteiger partial charge in [0.05, 0.1) is 29.7 Å². The fourth-order valence-corrected chi connectivity index (χ4v) is 11.3. The van der Waals surface area contributed by atoms with Crippen LogP contribution in [-0.2, 0) is 14.4 Å². The number of hydrogen-bond donors (Lipinski definition) is 2. The molecule has 4 aliphatic rings. The fraction of sp³-hybridized carbons (Fsp3) is 0.314. The summed E-state index contributed by atoms with van der Waals surface area (Å²) in [5.41, 5.74) is 3.20. The summed E-state index contributed by atoms with van der Waals surface area (Å²) in [6.45, 7) is 1.75. The number of thiazole rings is 1. The van der Waals surface area contributed by atoms with Crippen LogP contribution in [0.5, 0.6) is 11.5 Å². The molecule has 240 valence electrons. The molecule has 12 heteroatoms. The molecule has 0 spiro atoms. The number of fused-ring (bicyclic) bond motifs is 9. The number of imide groups is 1. The van der Waals surface area contributed by atoms with E-state index in [9.17, 15) is 19.2 Å². The van der Waals surface area contributed by atoms with E-state index in [0.717, 1.165) is 27.5 Å². The number of halogens is 1. The molecule has 0 unspecified atom stereocenters. The molecule has 7 atom stereocenters. The number of carbonyl (C=O) groups is 3. The third-order valence-electron chi connectivity index (χ3n) is 10.0. The SMILES string of the molecule is COc1cc([C@@H]2c3sc(=O)[nH]c3S[C@@H]3[C@@H]4C[C@@H]([C@@H]5C(=O)N(c6ccc(Cl)cc6)C(=O)[C@@H]45)[C@H]23)ccc1OCC(=O)Nc1cccc(C)c1. The number of methoxy groups -OCH3 is 1. The molecule has 8 rings (SSSR count). The Morgan fingerprint density at radius 3 is 2.51 bits per heavy atom. The van der Waals surface area contributed by atoms with Crippen LogP contribution in [0.3, 0.4) is 0 Å². The smallest absolute Gasteiger partial charge is 0.305 e. The van der Waals surface area contributed by atoms with Crippen LogP contribution < -0.4 is 24.6 Å². The van der Waals surface area contributed by atoms with Crippen LogP contribution in [0, 0.1) is 36.5 Å². The van der Waals surface area contributed by atoms with Crippen molar-refractivity contribution >= 4 is 63.8 Å². The summed E-state index contributed by atoms with van der Waals surface area (Å²) in [5.74, 6) is -0.699. The van der Waals surface area contributed by atoms with Gasteiger partial charge in [-0.1, -0.05) is 41.1 Å². The molecule has 3 amide bonds. The molecule has 3 heterocycles. The highest BCUT2D eigenvalue weighted by atomic mass is 35.5. The van der Waals surface area contributed by atoms with Gasteiger partial charge in [0.25, 0.3) is 5.91 Å². The second-order valence-corrected chi connectivity index (χ2v) is 15.2. The lowest BCUT2D eigenvalue weighted by Crippen LogP contribution is -2.42. The molecule has 9 nitrogen and oxygen atoms in total. The second kappa shape index (κ2) is 11.6. The van der Waals surface area contributed by atoms with Crippen LogP contribution >= 0.6 is 34.7 Å². The van der Waals surface area contributed by atoms with E-state index in [0.29, 0.717) is 27.9 Å². The van der Waals surface area contributed by atoms with E-state index >= 15 is 0 Å². The van der Waals surface area contributed by atoms with Crippen molar-refractivity contribution in [1.29, 1.82) is 0 Å². The van der Waals surface area contributed by atoms with E-state index in [2.05, 4.69) is 10.3 Å². The largest absolute Gasteiger partial charge is 0.493 e. The van der Waals surface area contributed by atoms with E-state index < -0.39 is 5.92 Å². The number of benzene rings is 3. The van der Waals surface area contributed by atoms with E-state index in [1.165, 1.54) is 16.2 Å². The zero-order valence-electron chi connectivity index (χ0n) is 25.4. The van der Waals surface area contributed by atoms with Crippen LogP contribution in [0.4, 0.5) is 11.4 Å². The molecular weight excluding hydrogens is 658 g/mol. The topological polar surface area (TPSA) is 118 Å². The zero-order chi connectivity index (χ0) is 32.6. The van der Waals surface area contributed by atoms with E-state index in [1.54, 1.807) is 49.2 Å². The van der Waals surface area contributed by atoms with Crippen molar-refractivity contribution in [3.05, 3.63) is 97.4 Å². The molecule has 2 bridgehead atoms. The number of thioether (sulfide) groups is 1. The average molecular weight is 688 g/mol. The molecule has 2 aliphatic carbocycles. The summed E-state index contributed by atoms with van der Waals surface area (Å²) in [6, 6.07) is 20.0. The van der Waals surface area contributed by atoms with Crippen molar-refractivity contribution in [3.8, 4) is 11.5 Å². The molecule has 2 aliphatic heterocycles. The molecule has 47 heavy (non-hydrogen) atoms. The van der Waals surface area contributed by atoms with Gasteiger partial charge in [0.1, 0.15) is 0 Å². The molecule has 4 aromatic rings. The summed E-state index contributed by atoms with van der Waals surface area (Å²) in [5, 5.41) is 4.27. The molecule has 3 aromatic carbocycles. The molecule has 1 aromatic heterocycles. The Morgan fingerprint density at radius 2 is 1.77 bits per heavy atom. The number of aryl methyl sites for hydroxylation is 1. The van der Waals surface area contributed by atoms with Gasteiger partial charge in [-0.05, 0) is 90.8 Å². The summed E-state index contributed by atoms with van der Waals surface area (Å²) >= 11 is 8.93. The predicted octanol–water partition coefficient (Wildman–Crippen LogP) is 6.10. The Morgan fingerprint density at radius 1 is 1.00 bits per heavy atom. The van der Waals surface area contributed by atoms with Gasteiger partial charge in [-0.3, -0.25) is 24.1 Å². The van der Waals surface area contributed by atoms with Crippen LogP contribution in [-0.4, -0.2) is 41.7 Å². The maximum absolute atomic E-state index is 14.0. The van der Waals surface area contributed by atoms with Crippen LogP contribution in [0.1, 0.15) is 28.3 Å². The maximum atomic E-state index is 14.0. The number of nitrogens with zero attached hydrogens (tertiary/aromatic N) is 1. The number of ether oxygens (including phenoxy) is 2. The highest BCUT2D eigenvalue weighted by molar-refractivity contribution is 8.00. The van der Waals surface area contributed by atoms with E-state index in [4.69, 9.17) is 21.1 Å². The number of hydrogen-bond acceptors (Lipinski definition) is 8. The van der Waals surface area contributed by atoms with Gasteiger partial charge in [0, 0.05) is 26.8 Å². The van der Waals surface area contributed by atoms with Crippen LogP contribution in [0.25, 0.3) is 0 Å². The Bertz CT molecular complexity index is 1990. The first kappa shape index (κ1) is 30.3. The van der Waals surface area contributed by atoms with Gasteiger partial charge in [0.2, 0.25) is 11.8 Å². The third-order valence-corrected chi connectivity index (χ3v) is 12.9. The molecule has 1 saturated heterocycles. The highest BCUT2D eigenvalue weighted by Crippen LogP contribution is 2.68. The van der Waals surface area contributed by atoms with Crippen LogP contribution in [0.15, 0.2) is 76.6 Å². The summed E-state index contributed by atoms with van der Waals surface area (Å²) in [6.07, 6.45) is 0.785. The van der Waals surface area contributed by atoms with Gasteiger partial charge >= 0.3 is 4.87 Å². The first-order valence-corrected chi connectivity index (χ1v) is 17.5. The van der Waals surface area contributed by atoms with Gasteiger partial charge < -0.3 is 19.8 Å². The molecule has 0 radical (unpaired) electrons. The summed E-state index contributed by atoms with van der Waals surface area (Å²) in [4.78, 5) is 58.3. The minimum atomic E-state index is -0.416. The second-order valence-electron chi connectivity index (χ2n) is 12.6. The lowest BCUT2D eigenvalue weighted by Gasteiger charge is -2.43. The highest BCUT2D eigenvalue weighted by Gasteiger charge is 2.69. The Hall–Kier alpha value is -4.06. The Labute approximate surface area is 283 Å². The van der Waals surface area contributed by atoms with E-state index in [1.807, 2.05) is 43.3 Å².